The van der Waals surface area contributed by atoms with Gasteiger partial charge in [-0.2, -0.15) is 5.10 Å². The van der Waals surface area contributed by atoms with Crippen molar-refractivity contribution < 1.29 is 28.2 Å². The second-order valence-electron chi connectivity index (χ2n) is 7.59. The molecule has 1 N–H and O–H groups in total. The van der Waals surface area contributed by atoms with Crippen LogP contribution in [0, 0.1) is 0 Å². The summed E-state index contributed by atoms with van der Waals surface area (Å²) < 4.78 is 22.8. The van der Waals surface area contributed by atoms with Gasteiger partial charge in [-0.1, -0.05) is 24.3 Å². The van der Waals surface area contributed by atoms with E-state index in [1.165, 1.54) is 6.07 Å². The van der Waals surface area contributed by atoms with E-state index in [2.05, 4.69) is 10.4 Å². The summed E-state index contributed by atoms with van der Waals surface area (Å²) in [4.78, 5) is 25.1. The molecule has 180 valence electrons. The number of benzene rings is 2. The van der Waals surface area contributed by atoms with E-state index in [0.717, 1.165) is 11.1 Å². The van der Waals surface area contributed by atoms with Gasteiger partial charge in [-0.3, -0.25) is 9.48 Å². The Morgan fingerprint density at radius 3 is 2.11 bits per heavy atom. The number of carbonyl (C=O) groups excluding carboxylic acids is 2. The molecule has 0 radical (unpaired) electrons. The molecule has 9 nitrogen and oxygen atoms in total. The maximum atomic E-state index is 12.7. The van der Waals surface area contributed by atoms with Crippen LogP contribution in [0.5, 0.6) is 11.5 Å². The molecule has 9 heteroatoms. The standard InChI is InChI=1S/C26H25N3O6/c1-32-20-8-4-18(5-9-20)25(19-6-10-21(33-2)11-7-19)28-24(30)17-34-26(31)23-13-12-22(35-23)16-29-15-3-14-27-29/h3-15,25H,16-17H2,1-2H3,(H,28,30). The molecule has 0 aliphatic carbocycles. The lowest BCUT2D eigenvalue weighted by Crippen LogP contribution is -2.33. The predicted molar refractivity (Wildman–Crippen MR) is 126 cm³/mol. The number of carbonyl (C=O) groups is 2. The van der Waals surface area contributed by atoms with Gasteiger partial charge in [0.1, 0.15) is 17.3 Å². The van der Waals surface area contributed by atoms with Crippen LogP contribution in [0.1, 0.15) is 33.5 Å². The third kappa shape index (κ3) is 6.08. The minimum atomic E-state index is -0.725. The van der Waals surface area contributed by atoms with Gasteiger partial charge in [-0.15, -0.1) is 0 Å². The predicted octanol–water partition coefficient (Wildman–Crippen LogP) is 3.60. The second kappa shape index (κ2) is 11.1. The minimum Gasteiger partial charge on any atom is -0.497 e. The molecule has 0 fully saturated rings. The molecule has 0 aliphatic heterocycles. The second-order valence-corrected chi connectivity index (χ2v) is 7.59. The monoisotopic (exact) mass is 475 g/mol. The van der Waals surface area contributed by atoms with Gasteiger partial charge >= 0.3 is 5.97 Å². The van der Waals surface area contributed by atoms with E-state index in [9.17, 15) is 9.59 Å². The van der Waals surface area contributed by atoms with Gasteiger partial charge in [-0.25, -0.2) is 4.79 Å². The van der Waals surface area contributed by atoms with Crippen molar-refractivity contribution in [3.8, 4) is 11.5 Å². The van der Waals surface area contributed by atoms with E-state index in [-0.39, 0.29) is 5.76 Å². The molecule has 35 heavy (non-hydrogen) atoms. The molecule has 0 unspecified atom stereocenters. The molecular formula is C26H25N3O6. The Balaban J connectivity index is 1.40. The third-order valence-corrected chi connectivity index (χ3v) is 5.28. The Labute approximate surface area is 202 Å². The minimum absolute atomic E-state index is 0.0156. The summed E-state index contributed by atoms with van der Waals surface area (Å²) in [5.74, 6) is 0.780. The van der Waals surface area contributed by atoms with Gasteiger partial charge in [0.2, 0.25) is 5.76 Å². The zero-order valence-electron chi connectivity index (χ0n) is 19.3. The fourth-order valence-electron chi connectivity index (χ4n) is 3.48. The van der Waals surface area contributed by atoms with E-state index in [1.54, 1.807) is 43.4 Å². The maximum absolute atomic E-state index is 12.7. The summed E-state index contributed by atoms with van der Waals surface area (Å²) in [7, 11) is 3.18. The molecule has 0 saturated heterocycles. The van der Waals surface area contributed by atoms with Gasteiger partial charge < -0.3 is 23.9 Å². The number of hydrogen-bond donors (Lipinski definition) is 1. The van der Waals surface area contributed by atoms with E-state index < -0.39 is 24.5 Å². The van der Waals surface area contributed by atoms with Gasteiger partial charge in [-0.05, 0) is 53.6 Å². The Bertz CT molecular complexity index is 1200. The van der Waals surface area contributed by atoms with Crippen LogP contribution in [0.3, 0.4) is 0 Å². The number of esters is 1. The normalized spacial score (nSPS) is 10.7. The third-order valence-electron chi connectivity index (χ3n) is 5.28. The Hall–Kier alpha value is -4.53. The van der Waals surface area contributed by atoms with Crippen molar-refractivity contribution in [2.24, 2.45) is 0 Å². The van der Waals surface area contributed by atoms with Gasteiger partial charge in [0.25, 0.3) is 5.91 Å². The van der Waals surface area contributed by atoms with E-state index in [4.69, 9.17) is 18.6 Å². The van der Waals surface area contributed by atoms with Crippen molar-refractivity contribution in [2.75, 3.05) is 20.8 Å². The molecule has 2 heterocycles. The molecule has 0 atom stereocenters. The summed E-state index contributed by atoms with van der Waals surface area (Å²) in [5.41, 5.74) is 1.68. The number of ether oxygens (including phenoxy) is 3. The van der Waals surface area contributed by atoms with Crippen LogP contribution in [0.4, 0.5) is 0 Å². The van der Waals surface area contributed by atoms with Crippen LogP contribution >= 0.6 is 0 Å². The Kier molecular flexibility index (Phi) is 7.47. The number of hydrogen-bond acceptors (Lipinski definition) is 7. The Morgan fingerprint density at radius 1 is 0.943 bits per heavy atom. The van der Waals surface area contributed by atoms with Crippen LogP contribution in [-0.2, 0) is 16.1 Å². The van der Waals surface area contributed by atoms with Gasteiger partial charge in [0.15, 0.2) is 6.61 Å². The smallest absolute Gasteiger partial charge is 0.374 e. The molecule has 0 spiro atoms. The highest BCUT2D eigenvalue weighted by molar-refractivity contribution is 5.89. The number of nitrogens with zero attached hydrogens (tertiary/aromatic N) is 2. The molecule has 4 rings (SSSR count). The number of rotatable bonds is 10. The van der Waals surface area contributed by atoms with Crippen molar-refractivity contribution in [1.29, 1.82) is 0 Å². The highest BCUT2D eigenvalue weighted by atomic mass is 16.5. The van der Waals surface area contributed by atoms with Crippen LogP contribution in [-0.4, -0.2) is 42.5 Å². The summed E-state index contributed by atoms with van der Waals surface area (Å²) in [6, 6.07) is 19.2. The lowest BCUT2D eigenvalue weighted by Gasteiger charge is -2.20. The first-order chi connectivity index (χ1) is 17.1. The van der Waals surface area contributed by atoms with E-state index >= 15 is 0 Å². The highest BCUT2D eigenvalue weighted by Crippen LogP contribution is 2.26. The SMILES string of the molecule is COc1ccc(C(NC(=O)COC(=O)c2ccc(Cn3cccn3)o2)c2ccc(OC)cc2)cc1. The zero-order chi connectivity index (χ0) is 24.6. The topological polar surface area (TPSA) is 105 Å². The van der Waals surface area contributed by atoms with Crippen LogP contribution < -0.4 is 14.8 Å². The average molecular weight is 476 g/mol. The van der Waals surface area contributed by atoms with E-state index in [1.807, 2.05) is 48.5 Å². The first-order valence-corrected chi connectivity index (χ1v) is 10.9. The summed E-state index contributed by atoms with van der Waals surface area (Å²) in [6.45, 7) is -0.0804. The van der Waals surface area contributed by atoms with Crippen LogP contribution in [0.2, 0.25) is 0 Å². The molecule has 2 aromatic heterocycles. The summed E-state index contributed by atoms with van der Waals surface area (Å²) >= 11 is 0. The van der Waals surface area contributed by atoms with Gasteiger partial charge in [0.05, 0.1) is 26.8 Å². The average Bonchev–Trinajstić information content (AvgIpc) is 3.59. The fraction of sp³-hybridized carbons (Fsp3) is 0.192. The largest absolute Gasteiger partial charge is 0.497 e. The van der Waals surface area contributed by atoms with Crippen molar-refractivity contribution in [2.45, 2.75) is 12.6 Å². The molecule has 0 aliphatic rings. The highest BCUT2D eigenvalue weighted by Gasteiger charge is 2.20. The van der Waals surface area contributed by atoms with Crippen molar-refractivity contribution in [3.63, 3.8) is 0 Å². The van der Waals surface area contributed by atoms with Crippen LogP contribution in [0.25, 0.3) is 0 Å². The number of aromatic nitrogens is 2. The van der Waals surface area contributed by atoms with E-state index in [0.29, 0.717) is 23.8 Å². The summed E-state index contributed by atoms with van der Waals surface area (Å²) in [6.07, 6.45) is 3.44. The van der Waals surface area contributed by atoms with Gasteiger partial charge in [0, 0.05) is 12.4 Å². The molecule has 0 saturated carbocycles. The first kappa shape index (κ1) is 23.6. The number of furan rings is 1. The molecular weight excluding hydrogens is 450 g/mol. The van der Waals surface area contributed by atoms with Crippen molar-refractivity contribution in [3.05, 3.63) is 102 Å². The number of nitrogens with one attached hydrogen (secondary N) is 1. The maximum Gasteiger partial charge on any atom is 0.374 e. The number of amides is 1. The molecule has 2 aromatic carbocycles. The zero-order valence-corrected chi connectivity index (χ0v) is 19.3. The lowest BCUT2D eigenvalue weighted by atomic mass is 9.98. The molecule has 4 aromatic rings. The van der Waals surface area contributed by atoms with Crippen molar-refractivity contribution >= 4 is 11.9 Å². The Morgan fingerprint density at radius 2 is 1.57 bits per heavy atom. The lowest BCUT2D eigenvalue weighted by molar-refractivity contribution is -0.124. The van der Waals surface area contributed by atoms with Crippen LogP contribution in [0.15, 0.2) is 83.5 Å². The first-order valence-electron chi connectivity index (χ1n) is 10.9. The summed E-state index contributed by atoms with van der Waals surface area (Å²) in [5, 5.41) is 7.02. The quantitative estimate of drug-likeness (QED) is 0.350. The fourth-order valence-corrected chi connectivity index (χ4v) is 3.48. The molecule has 1 amide bonds. The van der Waals surface area contributed by atoms with Crippen molar-refractivity contribution in [1.82, 2.24) is 15.1 Å². The number of methoxy groups -OCH3 is 2. The molecule has 0 bridgehead atoms.